The zero-order valence-corrected chi connectivity index (χ0v) is 29.2. The van der Waals surface area contributed by atoms with E-state index in [1.165, 1.54) is 38.6 Å². The highest BCUT2D eigenvalue weighted by atomic mass is 32.2. The van der Waals surface area contributed by atoms with Crippen LogP contribution in [-0.2, 0) is 31.5 Å². The minimum absolute atomic E-state index is 0.165. The predicted molar refractivity (Wildman–Crippen MR) is 180 cm³/mol. The number of aliphatic carboxylic acids is 1. The molecule has 0 saturated carbocycles. The fourth-order valence-electron chi connectivity index (χ4n) is 5.72. The number of benzene rings is 2. The van der Waals surface area contributed by atoms with Crippen LogP contribution in [-0.4, -0.2) is 133 Å². The smallest absolute Gasteiger partial charge is 0.352 e. The van der Waals surface area contributed by atoms with E-state index in [4.69, 9.17) is 0 Å². The lowest BCUT2D eigenvalue weighted by Gasteiger charge is -2.49. The van der Waals surface area contributed by atoms with Crippen molar-refractivity contribution in [2.75, 3.05) is 44.7 Å². The third kappa shape index (κ3) is 6.93. The van der Waals surface area contributed by atoms with E-state index in [2.05, 4.69) is 26.2 Å². The molecule has 3 aliphatic rings. The lowest BCUT2D eigenvalue weighted by molar-refractivity contribution is -0.151. The number of nitrogens with zero attached hydrogens (tertiary/aromatic N) is 7. The zero-order chi connectivity index (χ0) is 35.7. The molecule has 3 aromatic rings. The number of aromatic nitrogens is 4. The number of likely N-dealkylation sites (N-methyl/N-ethyl adjacent to an activating group) is 1. The average molecular weight is 744 g/mol. The number of β-lactam (4-membered cyclic amide) rings is 1. The highest BCUT2D eigenvalue weighted by Crippen LogP contribution is 2.41. The van der Waals surface area contributed by atoms with Crippen molar-refractivity contribution >= 4 is 57.2 Å². The van der Waals surface area contributed by atoms with Crippen LogP contribution in [0.25, 0.3) is 0 Å². The van der Waals surface area contributed by atoms with Crippen molar-refractivity contribution in [1.29, 1.82) is 0 Å². The molecule has 3 atom stereocenters. The Kier molecular flexibility index (Phi) is 10.2. The highest BCUT2D eigenvalue weighted by Gasteiger charge is 2.54. The normalized spacial score (nSPS) is 20.5. The summed E-state index contributed by atoms with van der Waals surface area (Å²) in [5, 5.41) is 36.9. The Morgan fingerprint density at radius 2 is 1.80 bits per heavy atom. The minimum atomic E-state index is -3.98. The number of tetrazole rings is 1. The number of rotatable bonds is 11. The molecule has 1 aromatic heterocycles. The number of carbonyl (C=O) groups excluding carboxylic acids is 3. The third-order valence-corrected chi connectivity index (χ3v) is 12.8. The summed E-state index contributed by atoms with van der Waals surface area (Å²) in [5.74, 6) is -3.60. The molecular formula is C30H33N9O8S3. The van der Waals surface area contributed by atoms with Gasteiger partial charge >= 0.3 is 5.97 Å². The second-order valence-electron chi connectivity index (χ2n) is 11.7. The van der Waals surface area contributed by atoms with Crippen LogP contribution in [0.5, 0.6) is 5.75 Å². The molecule has 4 heterocycles. The van der Waals surface area contributed by atoms with Gasteiger partial charge in [0.25, 0.3) is 11.8 Å². The van der Waals surface area contributed by atoms with Gasteiger partial charge in [0.05, 0.1) is 10.5 Å². The first-order valence-electron chi connectivity index (χ1n) is 15.3. The summed E-state index contributed by atoms with van der Waals surface area (Å²) in [4.78, 5) is 56.0. The van der Waals surface area contributed by atoms with Gasteiger partial charge in [0.2, 0.25) is 21.1 Å². The number of carboxylic acids is 1. The van der Waals surface area contributed by atoms with Gasteiger partial charge in [0.1, 0.15) is 28.9 Å². The number of phenols is 1. The standard InChI is InChI=1S/C30H33N9O8S3/c1-36-10-12-38(13-11-36)50(46,47)19-8-9-21(40)20(14-19)25(41)31-22(17-6-4-3-5-7-17)26(42)32-23-27(43)39-24(29(44)45)18(15-48-28(23)39)16-49-30-33-34-35-37(30)2/h3-9,14,22-23,28,40H,10-13,15-16H2,1-2H3,(H,31,41)(H,32,42)(H,44,45)/t22-,23?,28-/m0/s1. The van der Waals surface area contributed by atoms with Gasteiger partial charge in [-0.15, -0.1) is 16.9 Å². The Balaban J connectivity index is 1.19. The Hall–Kier alpha value is -4.50. The summed E-state index contributed by atoms with van der Waals surface area (Å²) in [6, 6.07) is 9.13. The maximum absolute atomic E-state index is 13.8. The number of amides is 3. The van der Waals surface area contributed by atoms with Crippen molar-refractivity contribution in [2.45, 2.75) is 27.5 Å². The van der Waals surface area contributed by atoms with Crippen molar-refractivity contribution in [1.82, 2.24) is 44.9 Å². The number of phenolic OH excluding ortho intramolecular Hbond substituents is 1. The van der Waals surface area contributed by atoms with Gasteiger partial charge in [0.15, 0.2) is 0 Å². The molecular weight excluding hydrogens is 711 g/mol. The summed E-state index contributed by atoms with van der Waals surface area (Å²) in [5.41, 5.74) is 0.321. The van der Waals surface area contributed by atoms with E-state index >= 15 is 0 Å². The summed E-state index contributed by atoms with van der Waals surface area (Å²) in [7, 11) is -0.442. The largest absolute Gasteiger partial charge is 0.507 e. The molecule has 0 aliphatic carbocycles. The molecule has 2 fully saturated rings. The van der Waals surface area contributed by atoms with Gasteiger partial charge in [-0.3, -0.25) is 19.3 Å². The molecule has 20 heteroatoms. The Labute approximate surface area is 295 Å². The number of fused-ring (bicyclic) bond motifs is 1. The monoisotopic (exact) mass is 743 g/mol. The van der Waals surface area contributed by atoms with Gasteiger partial charge in [0, 0.05) is 44.7 Å². The van der Waals surface area contributed by atoms with E-state index in [-0.39, 0.29) is 40.8 Å². The van der Waals surface area contributed by atoms with Gasteiger partial charge in [-0.05, 0) is 46.8 Å². The number of sulfonamides is 1. The number of thioether (sulfide) groups is 2. The first kappa shape index (κ1) is 35.3. The lowest BCUT2D eigenvalue weighted by atomic mass is 10.0. The fourth-order valence-corrected chi connectivity index (χ4v) is 9.50. The summed E-state index contributed by atoms with van der Waals surface area (Å²) in [6.07, 6.45) is 0. The Morgan fingerprint density at radius 1 is 1.08 bits per heavy atom. The van der Waals surface area contributed by atoms with Crippen LogP contribution in [0.2, 0.25) is 0 Å². The van der Waals surface area contributed by atoms with E-state index in [1.54, 1.807) is 37.4 Å². The quantitative estimate of drug-likeness (QED) is 0.148. The molecule has 3 amide bonds. The van der Waals surface area contributed by atoms with Crippen LogP contribution in [0, 0.1) is 0 Å². The molecule has 0 spiro atoms. The first-order chi connectivity index (χ1) is 23.9. The van der Waals surface area contributed by atoms with E-state index < -0.39 is 56.9 Å². The number of aromatic hydroxyl groups is 1. The number of nitrogens with one attached hydrogen (secondary N) is 2. The number of aryl methyl sites for hydroxylation is 1. The van der Waals surface area contributed by atoms with Crippen LogP contribution in [0.15, 0.2) is 69.9 Å². The van der Waals surface area contributed by atoms with Crippen LogP contribution in [0.3, 0.4) is 0 Å². The van der Waals surface area contributed by atoms with Crippen LogP contribution in [0.4, 0.5) is 0 Å². The molecule has 17 nitrogen and oxygen atoms in total. The summed E-state index contributed by atoms with van der Waals surface area (Å²) in [6.45, 7) is 1.60. The predicted octanol–water partition coefficient (Wildman–Crippen LogP) is -0.146. The highest BCUT2D eigenvalue weighted by molar-refractivity contribution is 8.01. The van der Waals surface area contributed by atoms with Crippen LogP contribution < -0.4 is 10.6 Å². The number of piperazine rings is 1. The minimum Gasteiger partial charge on any atom is -0.507 e. The second kappa shape index (κ2) is 14.4. The summed E-state index contributed by atoms with van der Waals surface area (Å²) < 4.78 is 29.5. The number of carbonyl (C=O) groups is 4. The van der Waals surface area contributed by atoms with Crippen LogP contribution in [0.1, 0.15) is 22.0 Å². The Bertz CT molecular complexity index is 1970. The second-order valence-corrected chi connectivity index (χ2v) is 15.7. The molecule has 2 saturated heterocycles. The average Bonchev–Trinajstić information content (AvgIpc) is 3.52. The SMILES string of the molecule is CN1CCN(S(=O)(=O)c2ccc(O)c(C(=O)N[C@H](C(=O)NC3C(=O)N4C(C(=O)O)=C(CSc5nnnn5C)CS[C@@H]34)c3ccccc3)c2)CC1. The van der Waals surface area contributed by atoms with Gasteiger partial charge in [-0.1, -0.05) is 42.1 Å². The van der Waals surface area contributed by atoms with E-state index in [1.807, 2.05) is 11.9 Å². The van der Waals surface area contributed by atoms with Crippen molar-refractivity contribution in [3.8, 4) is 5.75 Å². The number of hydrogen-bond acceptors (Lipinski definition) is 13. The Morgan fingerprint density at radius 3 is 2.46 bits per heavy atom. The fraction of sp³-hybridized carbons (Fsp3) is 0.367. The molecule has 0 bridgehead atoms. The van der Waals surface area contributed by atoms with Crippen molar-refractivity contribution in [2.24, 2.45) is 7.05 Å². The van der Waals surface area contributed by atoms with Gasteiger partial charge in [-0.25, -0.2) is 17.9 Å². The topological polar surface area (TPSA) is 220 Å². The zero-order valence-electron chi connectivity index (χ0n) is 26.8. The van der Waals surface area contributed by atoms with E-state index in [9.17, 15) is 37.8 Å². The van der Waals surface area contributed by atoms with Crippen molar-refractivity contribution in [3.63, 3.8) is 0 Å². The third-order valence-electron chi connectivity index (χ3n) is 8.49. The first-order valence-corrected chi connectivity index (χ1v) is 18.8. The molecule has 0 radical (unpaired) electrons. The molecule has 4 N–H and O–H groups in total. The van der Waals surface area contributed by atoms with Gasteiger partial charge < -0.3 is 25.7 Å². The molecule has 1 unspecified atom stereocenters. The molecule has 2 aromatic carbocycles. The van der Waals surface area contributed by atoms with Crippen molar-refractivity contribution < 1.29 is 37.8 Å². The number of hydrogen-bond donors (Lipinski definition) is 4. The number of carboxylic acid groups (broad SMARTS) is 1. The van der Waals surface area contributed by atoms with Crippen LogP contribution >= 0.6 is 23.5 Å². The molecule has 6 rings (SSSR count). The maximum Gasteiger partial charge on any atom is 0.352 e. The van der Waals surface area contributed by atoms with E-state index in [0.717, 1.165) is 17.0 Å². The molecule has 50 heavy (non-hydrogen) atoms. The van der Waals surface area contributed by atoms with E-state index in [0.29, 0.717) is 29.4 Å². The molecule has 264 valence electrons. The molecule has 3 aliphatic heterocycles. The van der Waals surface area contributed by atoms with Crippen molar-refractivity contribution in [3.05, 3.63) is 70.9 Å². The maximum atomic E-state index is 13.8. The summed E-state index contributed by atoms with van der Waals surface area (Å²) >= 11 is 2.51. The lowest BCUT2D eigenvalue weighted by Crippen LogP contribution is -2.71. The van der Waals surface area contributed by atoms with Gasteiger partial charge in [-0.2, -0.15) is 4.31 Å².